The van der Waals surface area contributed by atoms with E-state index in [-0.39, 0.29) is 12.5 Å². The zero-order valence-corrected chi connectivity index (χ0v) is 8.27. The molecule has 15 heavy (non-hydrogen) atoms. The van der Waals surface area contributed by atoms with Crippen LogP contribution in [0.1, 0.15) is 6.42 Å². The first-order valence-corrected chi connectivity index (χ1v) is 4.78. The molecular formula is C12H11NO2. The number of hydrogen-bond donors (Lipinski definition) is 0. The van der Waals surface area contributed by atoms with Crippen LogP contribution in [0.3, 0.4) is 0 Å². The number of para-hydroxylation sites is 2. The largest absolute Gasteiger partial charge is 0.482 e. The normalized spacial score (nSPS) is 14.1. The van der Waals surface area contributed by atoms with E-state index in [9.17, 15) is 4.79 Å². The maximum Gasteiger partial charge on any atom is 0.265 e. The number of fused-ring (bicyclic) bond motifs is 1. The second kappa shape index (κ2) is 4.05. The summed E-state index contributed by atoms with van der Waals surface area (Å²) in [6.07, 6.45) is 5.75. The van der Waals surface area contributed by atoms with Gasteiger partial charge in [-0.05, 0) is 12.1 Å². The molecule has 0 bridgehead atoms. The molecule has 0 aromatic heterocycles. The number of carbonyl (C=O) groups excluding carboxylic acids is 1. The van der Waals surface area contributed by atoms with E-state index in [2.05, 4.69) is 5.92 Å². The van der Waals surface area contributed by atoms with Gasteiger partial charge in [0.2, 0.25) is 0 Å². The van der Waals surface area contributed by atoms with Crippen LogP contribution in [-0.4, -0.2) is 19.1 Å². The Labute approximate surface area is 88.6 Å². The SMILES string of the molecule is C#CCCN1C(=O)COc2ccccc21. The van der Waals surface area contributed by atoms with Crippen LogP contribution in [0.25, 0.3) is 0 Å². The topological polar surface area (TPSA) is 29.5 Å². The Morgan fingerprint density at radius 1 is 1.47 bits per heavy atom. The lowest BCUT2D eigenvalue weighted by Crippen LogP contribution is -2.39. The third kappa shape index (κ3) is 1.79. The average molecular weight is 201 g/mol. The van der Waals surface area contributed by atoms with E-state index in [1.807, 2.05) is 24.3 Å². The Kier molecular flexibility index (Phi) is 2.59. The fourth-order valence-electron chi connectivity index (χ4n) is 1.58. The molecule has 0 saturated heterocycles. The highest BCUT2D eigenvalue weighted by molar-refractivity contribution is 5.97. The molecule has 1 aliphatic heterocycles. The van der Waals surface area contributed by atoms with Gasteiger partial charge in [-0.3, -0.25) is 4.79 Å². The predicted octanol–water partition coefficient (Wildman–Crippen LogP) is 1.44. The van der Waals surface area contributed by atoms with E-state index in [1.165, 1.54) is 0 Å². The van der Waals surface area contributed by atoms with Gasteiger partial charge in [-0.2, -0.15) is 0 Å². The quantitative estimate of drug-likeness (QED) is 0.677. The lowest BCUT2D eigenvalue weighted by molar-refractivity contribution is -0.121. The maximum atomic E-state index is 11.6. The van der Waals surface area contributed by atoms with Crippen molar-refractivity contribution in [3.63, 3.8) is 0 Å². The number of hydrogen-bond acceptors (Lipinski definition) is 2. The first kappa shape index (κ1) is 9.60. The van der Waals surface area contributed by atoms with Crippen molar-refractivity contribution in [2.75, 3.05) is 18.1 Å². The number of terminal acetylenes is 1. The Bertz CT molecular complexity index is 420. The summed E-state index contributed by atoms with van der Waals surface area (Å²) in [7, 11) is 0. The average Bonchev–Trinajstić information content (AvgIpc) is 2.28. The zero-order chi connectivity index (χ0) is 10.7. The predicted molar refractivity (Wildman–Crippen MR) is 57.7 cm³/mol. The van der Waals surface area contributed by atoms with E-state index in [0.29, 0.717) is 13.0 Å². The first-order valence-electron chi connectivity index (χ1n) is 4.78. The van der Waals surface area contributed by atoms with Gasteiger partial charge in [0.1, 0.15) is 5.75 Å². The molecule has 0 atom stereocenters. The number of ether oxygens (including phenoxy) is 1. The summed E-state index contributed by atoms with van der Waals surface area (Å²) < 4.78 is 5.30. The monoisotopic (exact) mass is 201 g/mol. The van der Waals surface area contributed by atoms with Crippen LogP contribution in [-0.2, 0) is 4.79 Å². The standard InChI is InChI=1S/C12H11NO2/c1-2-3-8-13-10-6-4-5-7-11(10)15-9-12(13)14/h1,4-7H,3,8-9H2. The fraction of sp³-hybridized carbons (Fsp3) is 0.250. The van der Waals surface area contributed by atoms with Gasteiger partial charge in [0, 0.05) is 13.0 Å². The van der Waals surface area contributed by atoms with Crippen molar-refractivity contribution < 1.29 is 9.53 Å². The number of anilines is 1. The third-order valence-electron chi connectivity index (χ3n) is 2.29. The van der Waals surface area contributed by atoms with E-state index >= 15 is 0 Å². The van der Waals surface area contributed by atoms with Crippen molar-refractivity contribution in [2.45, 2.75) is 6.42 Å². The van der Waals surface area contributed by atoms with Crippen molar-refractivity contribution in [1.29, 1.82) is 0 Å². The van der Waals surface area contributed by atoms with Crippen LogP contribution in [0, 0.1) is 12.3 Å². The highest BCUT2D eigenvalue weighted by Gasteiger charge is 2.23. The van der Waals surface area contributed by atoms with Crippen molar-refractivity contribution >= 4 is 11.6 Å². The molecule has 1 aromatic rings. The molecule has 1 amide bonds. The Morgan fingerprint density at radius 3 is 3.07 bits per heavy atom. The van der Waals surface area contributed by atoms with Crippen molar-refractivity contribution in [3.05, 3.63) is 24.3 Å². The summed E-state index contributed by atoms with van der Waals surface area (Å²) in [5.41, 5.74) is 0.809. The van der Waals surface area contributed by atoms with Crippen LogP contribution in [0.5, 0.6) is 5.75 Å². The molecule has 2 rings (SSSR count). The molecule has 1 heterocycles. The van der Waals surface area contributed by atoms with Gasteiger partial charge in [0.25, 0.3) is 5.91 Å². The highest BCUT2D eigenvalue weighted by atomic mass is 16.5. The van der Waals surface area contributed by atoms with E-state index in [0.717, 1.165) is 11.4 Å². The van der Waals surface area contributed by atoms with Gasteiger partial charge < -0.3 is 9.64 Å². The molecule has 0 fully saturated rings. The minimum Gasteiger partial charge on any atom is -0.482 e. The highest BCUT2D eigenvalue weighted by Crippen LogP contribution is 2.31. The Hall–Kier alpha value is -1.95. The second-order valence-electron chi connectivity index (χ2n) is 3.26. The molecule has 0 aliphatic carbocycles. The molecule has 1 aliphatic rings. The smallest absolute Gasteiger partial charge is 0.265 e. The van der Waals surface area contributed by atoms with E-state index in [4.69, 9.17) is 11.2 Å². The number of rotatable bonds is 2. The number of nitrogens with zero attached hydrogens (tertiary/aromatic N) is 1. The number of benzene rings is 1. The van der Waals surface area contributed by atoms with E-state index < -0.39 is 0 Å². The molecule has 3 nitrogen and oxygen atoms in total. The molecule has 0 radical (unpaired) electrons. The molecular weight excluding hydrogens is 190 g/mol. The van der Waals surface area contributed by atoms with Crippen molar-refractivity contribution in [2.24, 2.45) is 0 Å². The molecule has 3 heteroatoms. The van der Waals surface area contributed by atoms with Crippen LogP contribution < -0.4 is 9.64 Å². The first-order chi connectivity index (χ1) is 7.33. The van der Waals surface area contributed by atoms with Gasteiger partial charge in [-0.1, -0.05) is 12.1 Å². The summed E-state index contributed by atoms with van der Waals surface area (Å²) in [6, 6.07) is 7.48. The van der Waals surface area contributed by atoms with Crippen molar-refractivity contribution in [1.82, 2.24) is 0 Å². The Morgan fingerprint density at radius 2 is 2.27 bits per heavy atom. The van der Waals surface area contributed by atoms with Gasteiger partial charge >= 0.3 is 0 Å². The summed E-state index contributed by atoms with van der Waals surface area (Å²) in [4.78, 5) is 13.3. The lowest BCUT2D eigenvalue weighted by Gasteiger charge is -2.28. The zero-order valence-electron chi connectivity index (χ0n) is 8.27. The molecule has 0 unspecified atom stereocenters. The molecule has 0 spiro atoms. The summed E-state index contributed by atoms with van der Waals surface area (Å²) in [6.45, 7) is 0.650. The van der Waals surface area contributed by atoms with E-state index in [1.54, 1.807) is 4.90 Å². The van der Waals surface area contributed by atoms with Crippen LogP contribution in [0.4, 0.5) is 5.69 Å². The van der Waals surface area contributed by atoms with Gasteiger partial charge in [-0.25, -0.2) is 0 Å². The molecule has 1 aromatic carbocycles. The van der Waals surface area contributed by atoms with Crippen molar-refractivity contribution in [3.8, 4) is 18.1 Å². The van der Waals surface area contributed by atoms with Crippen LogP contribution in [0.2, 0.25) is 0 Å². The van der Waals surface area contributed by atoms with Crippen LogP contribution >= 0.6 is 0 Å². The molecule has 0 saturated carbocycles. The Balaban J connectivity index is 2.29. The third-order valence-corrected chi connectivity index (χ3v) is 2.29. The maximum absolute atomic E-state index is 11.6. The number of carbonyl (C=O) groups is 1. The second-order valence-corrected chi connectivity index (χ2v) is 3.26. The fourth-order valence-corrected chi connectivity index (χ4v) is 1.58. The van der Waals surface area contributed by atoms with Gasteiger partial charge in [-0.15, -0.1) is 12.3 Å². The lowest BCUT2D eigenvalue weighted by atomic mass is 10.2. The van der Waals surface area contributed by atoms with Crippen LogP contribution in [0.15, 0.2) is 24.3 Å². The number of amides is 1. The summed E-state index contributed by atoms with van der Waals surface area (Å²) in [5, 5.41) is 0. The minimum atomic E-state index is -0.0380. The summed E-state index contributed by atoms with van der Waals surface area (Å²) in [5.74, 6) is 3.24. The molecule has 0 N–H and O–H groups in total. The van der Waals surface area contributed by atoms with Gasteiger partial charge in [0.15, 0.2) is 6.61 Å². The summed E-state index contributed by atoms with van der Waals surface area (Å²) >= 11 is 0. The van der Waals surface area contributed by atoms with Gasteiger partial charge in [0.05, 0.1) is 5.69 Å². The minimum absolute atomic E-state index is 0.0380. The molecule has 76 valence electrons.